The minimum absolute atomic E-state index is 0.654. The molecule has 0 aliphatic heterocycles. The fourth-order valence-corrected chi connectivity index (χ4v) is 5.07. The van der Waals surface area contributed by atoms with Gasteiger partial charge in [-0.05, 0) is 52.9 Å². The smallest absolute Gasteiger partial charge is 0.374 e. The molecule has 1 rings (SSSR count). The summed E-state index contributed by atoms with van der Waals surface area (Å²) in [6, 6.07) is 0.874. The molecule has 4 nitrogen and oxygen atoms in total. The fraction of sp³-hybridized carbons (Fsp3) is 0.929. The first kappa shape index (κ1) is 16.8. The van der Waals surface area contributed by atoms with Crippen LogP contribution in [0.5, 0.6) is 0 Å². The molecule has 0 aromatic rings. The average molecular weight is 287 g/mol. The number of nitrogens with zero attached hydrogens (tertiary/aromatic N) is 1. The molecule has 1 saturated carbocycles. The largest absolute Gasteiger partial charge is 0.500 e. The van der Waals surface area contributed by atoms with Crippen LogP contribution < -0.4 is 0 Å². The summed E-state index contributed by atoms with van der Waals surface area (Å²) in [5.41, 5.74) is 1.40. The second-order valence-electron chi connectivity index (χ2n) is 4.74. The van der Waals surface area contributed by atoms with Crippen molar-refractivity contribution in [3.05, 3.63) is 0 Å². The molecule has 0 amide bonds. The van der Waals surface area contributed by atoms with E-state index in [9.17, 15) is 0 Å². The second-order valence-corrected chi connectivity index (χ2v) is 7.47. The van der Waals surface area contributed by atoms with Crippen LogP contribution in [0.25, 0.3) is 0 Å². The van der Waals surface area contributed by atoms with Crippen molar-refractivity contribution in [3.8, 4) is 0 Å². The molecule has 0 unspecified atom stereocenters. The quantitative estimate of drug-likeness (QED) is 0.456. The number of aliphatic imine (C=N–C) groups is 1. The van der Waals surface area contributed by atoms with E-state index in [0.29, 0.717) is 19.8 Å². The zero-order chi connectivity index (χ0) is 14.0. The van der Waals surface area contributed by atoms with Crippen molar-refractivity contribution in [2.45, 2.75) is 58.9 Å². The monoisotopic (exact) mass is 287 g/mol. The third kappa shape index (κ3) is 6.16. The van der Waals surface area contributed by atoms with Gasteiger partial charge in [0.2, 0.25) is 0 Å². The van der Waals surface area contributed by atoms with Crippen LogP contribution >= 0.6 is 0 Å². The lowest BCUT2D eigenvalue weighted by Gasteiger charge is -2.28. The highest BCUT2D eigenvalue weighted by molar-refractivity contribution is 6.60. The highest BCUT2D eigenvalue weighted by Gasteiger charge is 2.39. The van der Waals surface area contributed by atoms with Crippen molar-refractivity contribution in [1.82, 2.24) is 0 Å². The average Bonchev–Trinajstić information content (AvgIpc) is 2.89. The lowest BCUT2D eigenvalue weighted by atomic mass is 10.3. The molecular weight excluding hydrogens is 258 g/mol. The summed E-state index contributed by atoms with van der Waals surface area (Å²) in [6.45, 7) is 8.84. The minimum atomic E-state index is -2.44. The number of hydrogen-bond donors (Lipinski definition) is 0. The van der Waals surface area contributed by atoms with E-state index in [1.807, 2.05) is 20.8 Å². The molecule has 0 aromatic carbocycles. The van der Waals surface area contributed by atoms with Crippen molar-refractivity contribution >= 4 is 14.5 Å². The fourth-order valence-electron chi connectivity index (χ4n) is 2.48. The molecule has 0 bridgehead atoms. The third-order valence-corrected chi connectivity index (χ3v) is 6.40. The topological polar surface area (TPSA) is 40.0 Å². The first-order chi connectivity index (χ1) is 9.26. The lowest BCUT2D eigenvalue weighted by Crippen LogP contribution is -2.46. The molecule has 1 aliphatic carbocycles. The van der Waals surface area contributed by atoms with Gasteiger partial charge in [-0.3, -0.25) is 4.99 Å². The van der Waals surface area contributed by atoms with E-state index < -0.39 is 8.80 Å². The highest BCUT2D eigenvalue weighted by atomic mass is 28.4. The standard InChI is InChI=1S/C14H29NO3Si/c1-4-16-19(17-5-2,18-6-3)13-9-12-15-14-10-7-8-11-14/h4-13H2,1-3H3. The van der Waals surface area contributed by atoms with Crippen molar-refractivity contribution in [2.75, 3.05) is 26.4 Å². The van der Waals surface area contributed by atoms with E-state index in [1.54, 1.807) is 0 Å². The van der Waals surface area contributed by atoms with Crippen LogP contribution in [0, 0.1) is 0 Å². The van der Waals surface area contributed by atoms with Crippen LogP contribution in [0.4, 0.5) is 0 Å². The summed E-state index contributed by atoms with van der Waals surface area (Å²) in [5.74, 6) is 0. The van der Waals surface area contributed by atoms with Gasteiger partial charge in [-0.15, -0.1) is 0 Å². The molecule has 112 valence electrons. The van der Waals surface area contributed by atoms with Crippen molar-refractivity contribution in [1.29, 1.82) is 0 Å². The van der Waals surface area contributed by atoms with E-state index in [0.717, 1.165) is 19.0 Å². The molecule has 0 N–H and O–H groups in total. The van der Waals surface area contributed by atoms with Gasteiger partial charge in [0.1, 0.15) is 0 Å². The number of hydrogen-bond acceptors (Lipinski definition) is 4. The summed E-state index contributed by atoms with van der Waals surface area (Å²) in [4.78, 5) is 4.68. The highest BCUT2D eigenvalue weighted by Crippen LogP contribution is 2.19. The first-order valence-corrected chi connectivity index (χ1v) is 9.63. The van der Waals surface area contributed by atoms with E-state index in [1.165, 1.54) is 31.4 Å². The Labute approximate surface area is 118 Å². The van der Waals surface area contributed by atoms with Gasteiger partial charge < -0.3 is 13.3 Å². The van der Waals surface area contributed by atoms with Crippen molar-refractivity contribution in [2.24, 2.45) is 4.99 Å². The van der Waals surface area contributed by atoms with Crippen LogP contribution in [-0.4, -0.2) is 40.9 Å². The second kappa shape index (κ2) is 9.64. The molecule has 5 heteroatoms. The van der Waals surface area contributed by atoms with E-state index in [4.69, 9.17) is 13.3 Å². The Kier molecular flexibility index (Phi) is 8.53. The predicted molar refractivity (Wildman–Crippen MR) is 80.8 cm³/mol. The van der Waals surface area contributed by atoms with Gasteiger partial charge >= 0.3 is 8.80 Å². The Morgan fingerprint density at radius 1 is 0.947 bits per heavy atom. The van der Waals surface area contributed by atoms with Crippen LogP contribution in [0.1, 0.15) is 52.9 Å². The summed E-state index contributed by atoms with van der Waals surface area (Å²) < 4.78 is 17.5. The molecule has 0 spiro atoms. The maximum atomic E-state index is 5.83. The summed E-state index contributed by atoms with van der Waals surface area (Å²) >= 11 is 0. The Hall–Kier alpha value is -0.233. The molecule has 19 heavy (non-hydrogen) atoms. The van der Waals surface area contributed by atoms with E-state index >= 15 is 0 Å². The predicted octanol–water partition coefficient (Wildman–Crippen LogP) is 3.44. The molecule has 0 saturated heterocycles. The third-order valence-electron chi connectivity index (χ3n) is 3.25. The normalized spacial score (nSPS) is 16.1. The molecule has 1 fully saturated rings. The van der Waals surface area contributed by atoms with Gasteiger partial charge in [0, 0.05) is 38.1 Å². The van der Waals surface area contributed by atoms with Gasteiger partial charge in [-0.2, -0.15) is 0 Å². The molecule has 0 radical (unpaired) electrons. The minimum Gasteiger partial charge on any atom is -0.374 e. The van der Waals surface area contributed by atoms with E-state index in [-0.39, 0.29) is 0 Å². The summed E-state index contributed by atoms with van der Waals surface area (Å²) in [7, 11) is -2.44. The van der Waals surface area contributed by atoms with Gasteiger partial charge in [0.25, 0.3) is 0 Å². The Morgan fingerprint density at radius 3 is 1.95 bits per heavy atom. The lowest BCUT2D eigenvalue weighted by molar-refractivity contribution is 0.0710. The molecule has 0 atom stereocenters. The van der Waals surface area contributed by atoms with Crippen LogP contribution in [-0.2, 0) is 13.3 Å². The van der Waals surface area contributed by atoms with Gasteiger partial charge in [0.15, 0.2) is 0 Å². The number of rotatable bonds is 10. The molecule has 0 heterocycles. The maximum absolute atomic E-state index is 5.83. The Balaban J connectivity index is 2.39. The van der Waals surface area contributed by atoms with Gasteiger partial charge in [0.05, 0.1) is 0 Å². The van der Waals surface area contributed by atoms with Gasteiger partial charge in [-0.1, -0.05) is 0 Å². The van der Waals surface area contributed by atoms with Gasteiger partial charge in [-0.25, -0.2) is 0 Å². The van der Waals surface area contributed by atoms with E-state index in [2.05, 4.69) is 4.99 Å². The molecular formula is C14H29NO3Si. The maximum Gasteiger partial charge on any atom is 0.500 e. The molecule has 0 aromatic heterocycles. The van der Waals surface area contributed by atoms with Crippen LogP contribution in [0.15, 0.2) is 4.99 Å². The summed E-state index contributed by atoms with van der Waals surface area (Å²) in [5, 5.41) is 0. The van der Waals surface area contributed by atoms with Crippen LogP contribution in [0.3, 0.4) is 0 Å². The Morgan fingerprint density at radius 2 is 1.47 bits per heavy atom. The van der Waals surface area contributed by atoms with Crippen molar-refractivity contribution < 1.29 is 13.3 Å². The van der Waals surface area contributed by atoms with Crippen LogP contribution in [0.2, 0.25) is 6.04 Å². The molecule has 1 aliphatic rings. The zero-order valence-corrected chi connectivity index (χ0v) is 13.7. The van der Waals surface area contributed by atoms with Crippen molar-refractivity contribution in [3.63, 3.8) is 0 Å². The Bertz CT molecular complexity index is 246. The SMILES string of the molecule is CCO[Si](CCCN=C1CCCC1)(OCC)OCC. The zero-order valence-electron chi connectivity index (χ0n) is 12.7. The first-order valence-electron chi connectivity index (χ1n) is 7.70. The summed E-state index contributed by atoms with van der Waals surface area (Å²) in [6.07, 6.45) is 6.02.